The topological polar surface area (TPSA) is 88.9 Å². The van der Waals surface area contributed by atoms with Crippen molar-refractivity contribution in [2.24, 2.45) is 0 Å². The van der Waals surface area contributed by atoms with E-state index in [0.29, 0.717) is 21.6 Å². The van der Waals surface area contributed by atoms with Crippen LogP contribution in [0.4, 0.5) is 11.6 Å². The van der Waals surface area contributed by atoms with E-state index in [1.165, 1.54) is 16.4 Å². The van der Waals surface area contributed by atoms with Crippen LogP contribution < -0.4 is 10.6 Å². The maximum atomic E-state index is 12.8. The molecule has 1 aliphatic heterocycles. The minimum absolute atomic E-state index is 0.00935. The van der Waals surface area contributed by atoms with Crippen molar-refractivity contribution in [1.29, 1.82) is 0 Å². The number of halogens is 1. The number of benzene rings is 2. The van der Waals surface area contributed by atoms with E-state index in [0.717, 1.165) is 11.1 Å². The average Bonchev–Trinajstić information content (AvgIpc) is 3.12. The van der Waals surface area contributed by atoms with E-state index < -0.39 is 6.04 Å². The first kappa shape index (κ1) is 19.5. The van der Waals surface area contributed by atoms with Crippen LogP contribution in [0.5, 0.6) is 0 Å². The number of rotatable bonds is 5. The zero-order valence-corrected chi connectivity index (χ0v) is 17.1. The highest BCUT2D eigenvalue weighted by Gasteiger charge is 2.33. The van der Waals surface area contributed by atoms with Crippen LogP contribution in [-0.2, 0) is 15.3 Å². The van der Waals surface area contributed by atoms with Gasteiger partial charge in [-0.15, -0.1) is 5.10 Å². The van der Waals surface area contributed by atoms with Crippen molar-refractivity contribution in [1.82, 2.24) is 14.8 Å². The number of thioether (sulfide) groups is 1. The van der Waals surface area contributed by atoms with Crippen molar-refractivity contribution in [3.63, 3.8) is 0 Å². The first-order chi connectivity index (χ1) is 14.0. The first-order valence-corrected chi connectivity index (χ1v) is 10.4. The molecule has 29 heavy (non-hydrogen) atoms. The molecule has 0 spiro atoms. The Hall–Kier alpha value is -2.84. The third kappa shape index (κ3) is 4.44. The fraction of sp³-hybridized carbons (Fsp3) is 0.200. The molecule has 0 saturated carbocycles. The predicted molar refractivity (Wildman–Crippen MR) is 113 cm³/mol. The Morgan fingerprint density at radius 2 is 2.10 bits per heavy atom. The van der Waals surface area contributed by atoms with Gasteiger partial charge < -0.3 is 5.32 Å². The largest absolute Gasteiger partial charge is 0.324 e. The molecular formula is C20H18ClN5O2S. The Morgan fingerprint density at radius 1 is 1.31 bits per heavy atom. The van der Waals surface area contributed by atoms with E-state index in [9.17, 15) is 9.59 Å². The molecule has 3 aromatic rings. The van der Waals surface area contributed by atoms with Gasteiger partial charge in [0, 0.05) is 16.5 Å². The zero-order chi connectivity index (χ0) is 20.4. The molecule has 1 unspecified atom stereocenters. The van der Waals surface area contributed by atoms with Gasteiger partial charge in [0.15, 0.2) is 0 Å². The van der Waals surface area contributed by atoms with Crippen LogP contribution >= 0.6 is 23.4 Å². The van der Waals surface area contributed by atoms with Crippen LogP contribution in [0.25, 0.3) is 0 Å². The lowest BCUT2D eigenvalue weighted by molar-refractivity contribution is -0.125. The van der Waals surface area contributed by atoms with Gasteiger partial charge in [-0.05, 0) is 30.2 Å². The Kier molecular flexibility index (Phi) is 5.55. The number of amides is 2. The second-order valence-corrected chi connectivity index (χ2v) is 8.01. The number of aryl methyl sites for hydroxylation is 1. The van der Waals surface area contributed by atoms with Crippen molar-refractivity contribution < 1.29 is 9.59 Å². The summed E-state index contributed by atoms with van der Waals surface area (Å²) in [7, 11) is 0. The molecule has 0 saturated heterocycles. The smallest absolute Gasteiger partial charge is 0.249 e. The maximum Gasteiger partial charge on any atom is 0.249 e. The van der Waals surface area contributed by atoms with Gasteiger partial charge in [0.05, 0.1) is 6.42 Å². The number of aromatic nitrogens is 3. The van der Waals surface area contributed by atoms with Crippen LogP contribution in [0.15, 0.2) is 53.7 Å². The quantitative estimate of drug-likeness (QED) is 0.599. The average molecular weight is 428 g/mol. The Morgan fingerprint density at radius 3 is 2.86 bits per heavy atom. The van der Waals surface area contributed by atoms with E-state index in [4.69, 9.17) is 11.6 Å². The third-order valence-corrected chi connectivity index (χ3v) is 5.81. The van der Waals surface area contributed by atoms with Crippen LogP contribution in [0, 0.1) is 6.92 Å². The molecule has 2 amide bonds. The van der Waals surface area contributed by atoms with Crippen LogP contribution in [0.1, 0.15) is 23.6 Å². The molecule has 2 heterocycles. The van der Waals surface area contributed by atoms with Crippen molar-refractivity contribution in [3.05, 3.63) is 64.7 Å². The molecule has 0 bridgehead atoms. The van der Waals surface area contributed by atoms with Crippen molar-refractivity contribution in [3.8, 4) is 0 Å². The zero-order valence-electron chi connectivity index (χ0n) is 15.6. The predicted octanol–water partition coefficient (Wildman–Crippen LogP) is 4.05. The van der Waals surface area contributed by atoms with Gasteiger partial charge in [-0.1, -0.05) is 59.8 Å². The van der Waals surface area contributed by atoms with Crippen molar-refractivity contribution in [2.75, 3.05) is 10.6 Å². The fourth-order valence-corrected chi connectivity index (χ4v) is 3.89. The summed E-state index contributed by atoms with van der Waals surface area (Å²) in [6, 6.07) is 14.4. The summed E-state index contributed by atoms with van der Waals surface area (Å²) in [4.78, 5) is 29.3. The summed E-state index contributed by atoms with van der Waals surface area (Å²) in [5.74, 6) is 0.354. The molecule has 148 valence electrons. The minimum atomic E-state index is -0.780. The Labute approximate surface area is 176 Å². The highest BCUT2D eigenvalue weighted by molar-refractivity contribution is 7.98. The molecule has 0 radical (unpaired) electrons. The van der Waals surface area contributed by atoms with Gasteiger partial charge >= 0.3 is 0 Å². The summed E-state index contributed by atoms with van der Waals surface area (Å²) in [6.45, 7) is 1.88. The lowest BCUT2D eigenvalue weighted by Crippen LogP contribution is -2.36. The molecule has 1 atom stereocenters. The first-order valence-electron chi connectivity index (χ1n) is 9.00. The number of carbonyl (C=O) groups excluding carboxylic acids is 2. The lowest BCUT2D eigenvalue weighted by atomic mass is 10.1. The van der Waals surface area contributed by atoms with E-state index in [2.05, 4.69) is 20.7 Å². The summed E-state index contributed by atoms with van der Waals surface area (Å²) < 4.78 is 1.47. The molecular weight excluding hydrogens is 410 g/mol. The second kappa shape index (κ2) is 8.26. The number of hydrogen-bond acceptors (Lipinski definition) is 5. The van der Waals surface area contributed by atoms with Gasteiger partial charge in [0.1, 0.15) is 6.04 Å². The maximum absolute atomic E-state index is 12.8. The number of hydrogen-bond donors (Lipinski definition) is 2. The molecule has 0 aliphatic carbocycles. The summed E-state index contributed by atoms with van der Waals surface area (Å²) in [5, 5.41) is 11.0. The SMILES string of the molecule is Cc1ccc(NC(=O)C2CC(=O)Nc3nc(SCc4ccccc4)nn32)cc1Cl. The normalized spacial score (nSPS) is 15.5. The van der Waals surface area contributed by atoms with E-state index in [1.54, 1.807) is 12.1 Å². The number of carbonyl (C=O) groups is 2. The molecule has 2 N–H and O–H groups in total. The van der Waals surface area contributed by atoms with Crippen molar-refractivity contribution >= 4 is 46.8 Å². The molecule has 1 aliphatic rings. The van der Waals surface area contributed by atoms with Gasteiger partial charge in [-0.25, -0.2) is 4.68 Å². The van der Waals surface area contributed by atoms with Crippen molar-refractivity contribution in [2.45, 2.75) is 30.3 Å². The second-order valence-electron chi connectivity index (χ2n) is 6.66. The lowest BCUT2D eigenvalue weighted by Gasteiger charge is -2.22. The Balaban J connectivity index is 1.51. The molecule has 1 aromatic heterocycles. The highest BCUT2D eigenvalue weighted by atomic mass is 35.5. The highest BCUT2D eigenvalue weighted by Crippen LogP contribution is 2.29. The van der Waals surface area contributed by atoms with Crippen LogP contribution in [0.3, 0.4) is 0 Å². The molecule has 7 nitrogen and oxygen atoms in total. The number of nitrogens with one attached hydrogen (secondary N) is 2. The summed E-state index contributed by atoms with van der Waals surface area (Å²) in [5.41, 5.74) is 2.62. The van der Waals surface area contributed by atoms with Gasteiger partial charge in [0.2, 0.25) is 22.9 Å². The monoisotopic (exact) mass is 427 g/mol. The van der Waals surface area contributed by atoms with Crippen LogP contribution in [0.2, 0.25) is 5.02 Å². The van der Waals surface area contributed by atoms with Crippen LogP contribution in [-0.4, -0.2) is 26.6 Å². The third-order valence-electron chi connectivity index (χ3n) is 4.49. The molecule has 0 fully saturated rings. The fourth-order valence-electron chi connectivity index (χ4n) is 2.93. The van der Waals surface area contributed by atoms with Gasteiger partial charge in [0.25, 0.3) is 0 Å². The number of anilines is 2. The van der Waals surface area contributed by atoms with Gasteiger partial charge in [-0.3, -0.25) is 14.9 Å². The minimum Gasteiger partial charge on any atom is -0.324 e. The summed E-state index contributed by atoms with van der Waals surface area (Å²) in [6.07, 6.45) is -0.00935. The van der Waals surface area contributed by atoms with E-state index in [-0.39, 0.29) is 24.2 Å². The molecule has 9 heteroatoms. The summed E-state index contributed by atoms with van der Waals surface area (Å²) >= 11 is 7.58. The van der Waals surface area contributed by atoms with E-state index in [1.807, 2.05) is 43.3 Å². The van der Waals surface area contributed by atoms with E-state index >= 15 is 0 Å². The molecule has 2 aromatic carbocycles. The Bertz CT molecular complexity index is 1070. The standard InChI is InChI=1S/C20H18ClN5O2S/c1-12-7-8-14(9-15(12)21)22-18(28)16-10-17(27)23-19-24-20(25-26(16)19)29-11-13-5-3-2-4-6-13/h2-9,16H,10-11H2,1H3,(H,22,28)(H,23,24,25,27). The number of fused-ring (bicyclic) bond motifs is 1. The molecule has 4 rings (SSSR count). The van der Waals surface area contributed by atoms with Gasteiger partial charge in [-0.2, -0.15) is 4.98 Å². The number of nitrogens with zero attached hydrogens (tertiary/aromatic N) is 3.